The molecular weight excluding hydrogens is 369 g/mol. The summed E-state index contributed by atoms with van der Waals surface area (Å²) in [7, 11) is 0. The summed E-state index contributed by atoms with van der Waals surface area (Å²) in [5, 5.41) is 0. The first-order chi connectivity index (χ1) is 13.1. The fraction of sp³-hybridized carbons (Fsp3) is 0.333. The zero-order valence-electron chi connectivity index (χ0n) is 16.1. The average molecular weight is 392 g/mol. The van der Waals surface area contributed by atoms with Crippen molar-refractivity contribution in [2.75, 3.05) is 22.9 Å². The summed E-state index contributed by atoms with van der Waals surface area (Å²) in [5.41, 5.74) is 1.05. The molecule has 2 amide bonds. The summed E-state index contributed by atoms with van der Waals surface area (Å²) in [6.07, 6.45) is -4.50. The first kappa shape index (κ1) is 21.5. The summed E-state index contributed by atoms with van der Waals surface area (Å²) in [5.74, 6) is -0.628. The van der Waals surface area contributed by atoms with Crippen LogP contribution in [0.5, 0.6) is 0 Å². The van der Waals surface area contributed by atoms with Crippen molar-refractivity contribution in [3.63, 3.8) is 0 Å². The summed E-state index contributed by atoms with van der Waals surface area (Å²) in [4.78, 5) is 27.5. The number of nitrogens with zero attached hydrogens (tertiary/aromatic N) is 2. The van der Waals surface area contributed by atoms with Gasteiger partial charge in [-0.1, -0.05) is 18.2 Å². The Labute approximate surface area is 162 Å². The number of carbonyl (C=O) groups excluding carboxylic acids is 2. The number of hydrogen-bond acceptors (Lipinski definition) is 2. The van der Waals surface area contributed by atoms with Crippen molar-refractivity contribution >= 4 is 23.2 Å². The van der Waals surface area contributed by atoms with Crippen molar-refractivity contribution in [2.45, 2.75) is 33.4 Å². The highest BCUT2D eigenvalue weighted by molar-refractivity contribution is 5.96. The molecule has 0 unspecified atom stereocenters. The van der Waals surface area contributed by atoms with Crippen molar-refractivity contribution in [3.05, 3.63) is 59.7 Å². The van der Waals surface area contributed by atoms with Crippen LogP contribution in [0.1, 0.15) is 31.4 Å². The van der Waals surface area contributed by atoms with Gasteiger partial charge in [-0.2, -0.15) is 13.2 Å². The molecule has 0 radical (unpaired) electrons. The Bertz CT molecular complexity index is 850. The molecule has 150 valence electrons. The number of aryl methyl sites for hydroxylation is 1. The molecule has 0 fully saturated rings. The smallest absolute Gasteiger partial charge is 0.313 e. The van der Waals surface area contributed by atoms with E-state index in [4.69, 9.17) is 0 Å². The second kappa shape index (κ2) is 8.91. The maximum atomic E-state index is 13.0. The van der Waals surface area contributed by atoms with Crippen molar-refractivity contribution in [3.8, 4) is 0 Å². The summed E-state index contributed by atoms with van der Waals surface area (Å²) < 4.78 is 38.9. The number of alkyl halides is 3. The van der Waals surface area contributed by atoms with E-state index in [0.29, 0.717) is 6.54 Å². The number of carbonyl (C=O) groups is 2. The van der Waals surface area contributed by atoms with Crippen LogP contribution in [-0.4, -0.2) is 24.9 Å². The predicted molar refractivity (Wildman–Crippen MR) is 103 cm³/mol. The normalized spacial score (nSPS) is 11.2. The molecule has 2 aromatic carbocycles. The topological polar surface area (TPSA) is 40.6 Å². The van der Waals surface area contributed by atoms with E-state index < -0.39 is 17.6 Å². The van der Waals surface area contributed by atoms with E-state index in [1.807, 2.05) is 38.1 Å². The first-order valence-corrected chi connectivity index (χ1v) is 8.96. The third-order valence-corrected chi connectivity index (χ3v) is 4.35. The molecular formula is C21H23F3N2O2. The van der Waals surface area contributed by atoms with Crippen molar-refractivity contribution in [1.82, 2.24) is 0 Å². The fourth-order valence-corrected chi connectivity index (χ4v) is 2.96. The molecule has 2 rings (SSSR count). The Hall–Kier alpha value is -2.83. The second-order valence-electron chi connectivity index (χ2n) is 6.45. The molecule has 0 aliphatic rings. The summed E-state index contributed by atoms with van der Waals surface area (Å²) in [6.45, 7) is 5.48. The van der Waals surface area contributed by atoms with E-state index in [2.05, 4.69) is 0 Å². The quantitative estimate of drug-likeness (QED) is 0.708. The fourth-order valence-electron chi connectivity index (χ4n) is 2.96. The lowest BCUT2D eigenvalue weighted by Crippen LogP contribution is -2.36. The molecule has 2 aromatic rings. The molecule has 7 heteroatoms. The molecule has 28 heavy (non-hydrogen) atoms. The first-order valence-electron chi connectivity index (χ1n) is 8.96. The lowest BCUT2D eigenvalue weighted by Gasteiger charge is -2.25. The summed E-state index contributed by atoms with van der Waals surface area (Å²) in [6, 6.07) is 12.0. The molecule has 0 saturated carbocycles. The number of amides is 2. The van der Waals surface area contributed by atoms with Crippen molar-refractivity contribution in [2.24, 2.45) is 0 Å². The minimum absolute atomic E-state index is 0.00219. The molecule has 0 saturated heterocycles. The third-order valence-electron chi connectivity index (χ3n) is 4.35. The maximum absolute atomic E-state index is 13.0. The Morgan fingerprint density at radius 3 is 2.11 bits per heavy atom. The van der Waals surface area contributed by atoms with Crippen LogP contribution in [0, 0.1) is 6.92 Å². The predicted octanol–water partition coefficient (Wildman–Crippen LogP) is 4.81. The van der Waals surface area contributed by atoms with Gasteiger partial charge in [-0.25, -0.2) is 0 Å². The highest BCUT2D eigenvalue weighted by atomic mass is 19.4. The molecule has 0 N–H and O–H groups in total. The van der Waals surface area contributed by atoms with Gasteiger partial charge in [0.15, 0.2) is 0 Å². The van der Waals surface area contributed by atoms with Gasteiger partial charge in [-0.3, -0.25) is 9.59 Å². The number of rotatable bonds is 6. The number of hydrogen-bond donors (Lipinski definition) is 0. The molecule has 0 aromatic heterocycles. The van der Waals surface area contributed by atoms with Gasteiger partial charge in [0.05, 0.1) is 5.56 Å². The minimum atomic E-state index is -4.50. The number of benzene rings is 2. The summed E-state index contributed by atoms with van der Waals surface area (Å²) >= 11 is 0. The monoisotopic (exact) mass is 392 g/mol. The average Bonchev–Trinajstić information content (AvgIpc) is 2.62. The van der Waals surface area contributed by atoms with Gasteiger partial charge in [0.1, 0.15) is 0 Å². The zero-order valence-corrected chi connectivity index (χ0v) is 16.1. The molecule has 4 nitrogen and oxygen atoms in total. The highest BCUT2D eigenvalue weighted by Crippen LogP contribution is 2.31. The van der Waals surface area contributed by atoms with Gasteiger partial charge >= 0.3 is 6.18 Å². The van der Waals surface area contributed by atoms with Crippen LogP contribution in [0.3, 0.4) is 0 Å². The highest BCUT2D eigenvalue weighted by Gasteiger charge is 2.31. The Morgan fingerprint density at radius 1 is 0.964 bits per heavy atom. The van der Waals surface area contributed by atoms with Gasteiger partial charge in [-0.15, -0.1) is 0 Å². The van der Waals surface area contributed by atoms with Gasteiger partial charge < -0.3 is 9.80 Å². The largest absolute Gasteiger partial charge is 0.416 e. The number of anilines is 2. The van der Waals surface area contributed by atoms with Crippen LogP contribution < -0.4 is 9.80 Å². The lowest BCUT2D eigenvalue weighted by atomic mass is 10.1. The van der Waals surface area contributed by atoms with Crippen LogP contribution in [0.4, 0.5) is 24.5 Å². The van der Waals surface area contributed by atoms with E-state index >= 15 is 0 Å². The van der Waals surface area contributed by atoms with E-state index in [1.165, 1.54) is 24.0 Å². The Balaban J connectivity index is 2.17. The van der Waals surface area contributed by atoms with E-state index in [0.717, 1.165) is 23.4 Å². The zero-order chi connectivity index (χ0) is 20.9. The standard InChI is InChI=1S/C21H23F3N2O2/c1-4-25(18-9-5-7-15(2)13-18)20(28)11-12-26(16(3)27)19-10-6-8-17(14-19)21(22,23)24/h5-10,13-14H,4,11-12H2,1-3H3. The van der Waals surface area contributed by atoms with Crippen LogP contribution in [0.25, 0.3) is 0 Å². The van der Waals surface area contributed by atoms with Crippen LogP contribution >= 0.6 is 0 Å². The molecule has 0 spiro atoms. The Kier molecular flexibility index (Phi) is 6.83. The van der Waals surface area contributed by atoms with Crippen LogP contribution in [0.15, 0.2) is 48.5 Å². The molecule has 0 heterocycles. The van der Waals surface area contributed by atoms with E-state index in [1.54, 1.807) is 4.90 Å². The van der Waals surface area contributed by atoms with E-state index in [-0.39, 0.29) is 24.6 Å². The third kappa shape index (κ3) is 5.34. The molecule has 0 aliphatic heterocycles. The van der Waals surface area contributed by atoms with Crippen molar-refractivity contribution < 1.29 is 22.8 Å². The molecule has 0 atom stereocenters. The van der Waals surface area contributed by atoms with E-state index in [9.17, 15) is 22.8 Å². The van der Waals surface area contributed by atoms with Crippen LogP contribution in [-0.2, 0) is 15.8 Å². The van der Waals surface area contributed by atoms with Gasteiger partial charge in [-0.05, 0) is 49.7 Å². The molecule has 0 bridgehead atoms. The van der Waals surface area contributed by atoms with Gasteiger partial charge in [0.25, 0.3) is 0 Å². The minimum Gasteiger partial charge on any atom is -0.313 e. The SMILES string of the molecule is CCN(C(=O)CCN(C(C)=O)c1cccc(C(F)(F)F)c1)c1cccc(C)c1. The van der Waals surface area contributed by atoms with Crippen molar-refractivity contribution in [1.29, 1.82) is 0 Å². The van der Waals surface area contributed by atoms with Gasteiger partial charge in [0, 0.05) is 37.8 Å². The lowest BCUT2D eigenvalue weighted by molar-refractivity contribution is -0.137. The second-order valence-corrected chi connectivity index (χ2v) is 6.45. The molecule has 0 aliphatic carbocycles. The maximum Gasteiger partial charge on any atom is 0.416 e. The van der Waals surface area contributed by atoms with Crippen LogP contribution in [0.2, 0.25) is 0 Å². The Morgan fingerprint density at radius 2 is 1.57 bits per heavy atom. The number of halogens is 3. The van der Waals surface area contributed by atoms with Gasteiger partial charge in [0.2, 0.25) is 11.8 Å².